The van der Waals surface area contributed by atoms with Crippen molar-refractivity contribution in [2.75, 3.05) is 33.2 Å². The Bertz CT molecular complexity index is 307. The number of guanidine groups is 1. The van der Waals surface area contributed by atoms with Gasteiger partial charge in [-0.15, -0.1) is 24.0 Å². The third-order valence-electron chi connectivity index (χ3n) is 4.39. The van der Waals surface area contributed by atoms with Crippen LogP contribution in [0.2, 0.25) is 0 Å². The van der Waals surface area contributed by atoms with Crippen LogP contribution in [0.3, 0.4) is 0 Å². The van der Waals surface area contributed by atoms with E-state index in [4.69, 9.17) is 0 Å². The van der Waals surface area contributed by atoms with Crippen LogP contribution in [0.5, 0.6) is 0 Å². The molecule has 0 aromatic rings. The van der Waals surface area contributed by atoms with E-state index in [1.807, 2.05) is 7.05 Å². The zero-order valence-corrected chi connectivity index (χ0v) is 17.5. The Labute approximate surface area is 154 Å². The molecular formula is C17H37IN4. The molecule has 1 aliphatic heterocycles. The van der Waals surface area contributed by atoms with Crippen molar-refractivity contribution in [2.45, 2.75) is 59.4 Å². The Morgan fingerprint density at radius 2 is 2.00 bits per heavy atom. The average molecular weight is 424 g/mol. The number of nitrogens with one attached hydrogen (secondary N) is 2. The number of aliphatic imine (C=N–C) groups is 1. The second-order valence-corrected chi connectivity index (χ2v) is 6.87. The molecule has 22 heavy (non-hydrogen) atoms. The quantitative estimate of drug-likeness (QED) is 0.374. The number of halogens is 1. The lowest BCUT2D eigenvalue weighted by Crippen LogP contribution is -2.46. The minimum Gasteiger partial charge on any atom is -0.356 e. The smallest absolute Gasteiger partial charge is 0.191 e. The molecule has 0 bridgehead atoms. The predicted molar refractivity (Wildman–Crippen MR) is 108 cm³/mol. The largest absolute Gasteiger partial charge is 0.356 e. The zero-order chi connectivity index (χ0) is 15.7. The van der Waals surface area contributed by atoms with Gasteiger partial charge in [-0.05, 0) is 57.5 Å². The molecule has 0 amide bonds. The van der Waals surface area contributed by atoms with Crippen LogP contribution in [0.15, 0.2) is 4.99 Å². The molecule has 0 aromatic carbocycles. The van der Waals surface area contributed by atoms with Gasteiger partial charge in [0, 0.05) is 26.2 Å². The van der Waals surface area contributed by atoms with Gasteiger partial charge in [0.05, 0.1) is 0 Å². The lowest BCUT2D eigenvalue weighted by molar-refractivity contribution is 0.183. The Balaban J connectivity index is 0.00000441. The molecule has 0 saturated carbocycles. The molecule has 0 aliphatic carbocycles. The molecule has 132 valence electrons. The first kappa shape index (κ1) is 22.0. The fourth-order valence-corrected chi connectivity index (χ4v) is 2.93. The standard InChI is InChI=1S/C17H36N4.HI/c1-6-21-11-7-8-16(13-21)12-19-17(18-5)20-15(4)10-9-14(2)3;/h14-16H,6-13H2,1-5H3,(H2,18,19,20);1H. The Morgan fingerprint density at radius 3 is 2.59 bits per heavy atom. The second-order valence-electron chi connectivity index (χ2n) is 6.87. The first-order valence-corrected chi connectivity index (χ1v) is 8.74. The number of rotatable bonds is 7. The third-order valence-corrected chi connectivity index (χ3v) is 4.39. The van der Waals surface area contributed by atoms with E-state index in [0.29, 0.717) is 6.04 Å². The third kappa shape index (κ3) is 9.18. The van der Waals surface area contributed by atoms with E-state index in [2.05, 4.69) is 48.2 Å². The number of piperidine rings is 1. The highest BCUT2D eigenvalue weighted by molar-refractivity contribution is 14.0. The van der Waals surface area contributed by atoms with Crippen molar-refractivity contribution in [3.63, 3.8) is 0 Å². The van der Waals surface area contributed by atoms with Crippen molar-refractivity contribution >= 4 is 29.9 Å². The van der Waals surface area contributed by atoms with E-state index in [1.54, 1.807) is 0 Å². The summed E-state index contributed by atoms with van der Waals surface area (Å²) in [5.41, 5.74) is 0. The molecule has 2 atom stereocenters. The maximum absolute atomic E-state index is 4.36. The number of hydrogen-bond acceptors (Lipinski definition) is 2. The molecular weight excluding hydrogens is 387 g/mol. The summed E-state index contributed by atoms with van der Waals surface area (Å²) in [4.78, 5) is 6.91. The zero-order valence-electron chi connectivity index (χ0n) is 15.2. The molecule has 4 nitrogen and oxygen atoms in total. The highest BCUT2D eigenvalue weighted by atomic mass is 127. The maximum Gasteiger partial charge on any atom is 0.191 e. The van der Waals surface area contributed by atoms with Crippen LogP contribution in [0.25, 0.3) is 0 Å². The van der Waals surface area contributed by atoms with Gasteiger partial charge < -0.3 is 15.5 Å². The van der Waals surface area contributed by atoms with Crippen molar-refractivity contribution in [3.05, 3.63) is 0 Å². The van der Waals surface area contributed by atoms with Gasteiger partial charge in [-0.25, -0.2) is 0 Å². The van der Waals surface area contributed by atoms with E-state index < -0.39 is 0 Å². The van der Waals surface area contributed by atoms with E-state index in [0.717, 1.165) is 24.3 Å². The molecule has 0 radical (unpaired) electrons. The van der Waals surface area contributed by atoms with Gasteiger partial charge in [0.1, 0.15) is 0 Å². The van der Waals surface area contributed by atoms with Crippen LogP contribution < -0.4 is 10.6 Å². The topological polar surface area (TPSA) is 39.7 Å². The molecule has 0 spiro atoms. The van der Waals surface area contributed by atoms with Crippen LogP contribution in [0.1, 0.15) is 53.4 Å². The van der Waals surface area contributed by atoms with E-state index in [9.17, 15) is 0 Å². The summed E-state index contributed by atoms with van der Waals surface area (Å²) in [5, 5.41) is 7.03. The maximum atomic E-state index is 4.36. The fraction of sp³-hybridized carbons (Fsp3) is 0.941. The van der Waals surface area contributed by atoms with Gasteiger partial charge >= 0.3 is 0 Å². The van der Waals surface area contributed by atoms with Crippen LogP contribution in [0, 0.1) is 11.8 Å². The monoisotopic (exact) mass is 424 g/mol. The number of likely N-dealkylation sites (tertiary alicyclic amines) is 1. The van der Waals surface area contributed by atoms with Gasteiger partial charge in [0.2, 0.25) is 0 Å². The van der Waals surface area contributed by atoms with Gasteiger partial charge in [-0.3, -0.25) is 4.99 Å². The summed E-state index contributed by atoms with van der Waals surface area (Å²) in [7, 11) is 1.86. The Morgan fingerprint density at radius 1 is 1.27 bits per heavy atom. The molecule has 2 N–H and O–H groups in total. The normalized spacial score (nSPS) is 21.4. The Kier molecular flexibility index (Phi) is 12.4. The van der Waals surface area contributed by atoms with Crippen LogP contribution in [0.4, 0.5) is 0 Å². The predicted octanol–water partition coefficient (Wildman–Crippen LogP) is 3.33. The SMILES string of the molecule is CCN1CCCC(CNC(=NC)NC(C)CCC(C)C)C1.I. The van der Waals surface area contributed by atoms with E-state index >= 15 is 0 Å². The van der Waals surface area contributed by atoms with Gasteiger partial charge in [0.25, 0.3) is 0 Å². The van der Waals surface area contributed by atoms with E-state index in [-0.39, 0.29) is 24.0 Å². The van der Waals surface area contributed by atoms with Gasteiger partial charge in [0.15, 0.2) is 5.96 Å². The average Bonchev–Trinajstić information content (AvgIpc) is 2.49. The first-order valence-electron chi connectivity index (χ1n) is 8.74. The second kappa shape index (κ2) is 12.4. The summed E-state index contributed by atoms with van der Waals surface area (Å²) in [6.45, 7) is 13.8. The molecule has 1 rings (SSSR count). The summed E-state index contributed by atoms with van der Waals surface area (Å²) in [5.74, 6) is 2.48. The lowest BCUT2D eigenvalue weighted by atomic mass is 9.98. The van der Waals surface area contributed by atoms with Crippen molar-refractivity contribution in [2.24, 2.45) is 16.8 Å². The number of nitrogens with zero attached hydrogens (tertiary/aromatic N) is 2. The van der Waals surface area contributed by atoms with Gasteiger partial charge in [-0.2, -0.15) is 0 Å². The molecule has 0 aromatic heterocycles. The van der Waals surface area contributed by atoms with Crippen LogP contribution >= 0.6 is 24.0 Å². The van der Waals surface area contributed by atoms with Gasteiger partial charge in [-0.1, -0.05) is 20.8 Å². The highest BCUT2D eigenvalue weighted by Gasteiger charge is 2.18. The minimum atomic E-state index is 0. The molecule has 2 unspecified atom stereocenters. The first-order chi connectivity index (χ1) is 10.0. The van der Waals surface area contributed by atoms with Crippen molar-refractivity contribution in [1.29, 1.82) is 0 Å². The van der Waals surface area contributed by atoms with Crippen LogP contribution in [-0.4, -0.2) is 50.1 Å². The molecule has 1 aliphatic rings. The molecule has 1 saturated heterocycles. The molecule has 1 heterocycles. The minimum absolute atomic E-state index is 0. The van der Waals surface area contributed by atoms with Crippen molar-refractivity contribution in [3.8, 4) is 0 Å². The van der Waals surface area contributed by atoms with Crippen molar-refractivity contribution < 1.29 is 0 Å². The summed E-state index contributed by atoms with van der Waals surface area (Å²) in [6.07, 6.45) is 5.13. The fourth-order valence-electron chi connectivity index (χ4n) is 2.93. The summed E-state index contributed by atoms with van der Waals surface area (Å²) in [6, 6.07) is 0.483. The molecule has 1 fully saturated rings. The Hall–Kier alpha value is -0.0400. The van der Waals surface area contributed by atoms with E-state index in [1.165, 1.54) is 45.3 Å². The highest BCUT2D eigenvalue weighted by Crippen LogP contribution is 2.15. The van der Waals surface area contributed by atoms with Crippen LogP contribution in [-0.2, 0) is 0 Å². The molecule has 5 heteroatoms. The summed E-state index contributed by atoms with van der Waals surface area (Å²) < 4.78 is 0. The van der Waals surface area contributed by atoms with Crippen molar-refractivity contribution in [1.82, 2.24) is 15.5 Å². The number of hydrogen-bond donors (Lipinski definition) is 2. The summed E-state index contributed by atoms with van der Waals surface area (Å²) >= 11 is 0. The lowest BCUT2D eigenvalue weighted by Gasteiger charge is -2.32.